The number of nitro groups is 1. The normalized spacial score (nSPS) is 11.6. The number of hydrogen-bond acceptors (Lipinski definition) is 7. The minimum Gasteiger partial charge on any atom is -0.495 e. The summed E-state index contributed by atoms with van der Waals surface area (Å²) in [5.74, 6) is -0.379. The molecule has 0 bridgehead atoms. The van der Waals surface area contributed by atoms with Crippen LogP contribution in [0.3, 0.4) is 0 Å². The van der Waals surface area contributed by atoms with Crippen LogP contribution in [0.1, 0.15) is 6.92 Å². The van der Waals surface area contributed by atoms with E-state index in [1.165, 1.54) is 37.1 Å². The standard InChI is InChI=1S/C20H24N4O5S/c1-13(20(26)22-16-11-14(24(27)28)9-10-17(16)29-3)23(2)12-19(25)21-15-7-5-6-8-18(15)30-4/h5-11,13H,12H2,1-4H3,(H,21,25)(H,22,26)/t13-/m1/s1. The molecule has 0 aliphatic carbocycles. The number of ether oxygens (including phenoxy) is 1. The SMILES string of the molecule is COc1ccc([N+](=O)[O-])cc1NC(=O)[C@@H](C)N(C)CC(=O)Nc1ccccc1SC. The second-order valence-electron chi connectivity index (χ2n) is 6.47. The second kappa shape index (κ2) is 10.6. The number of non-ortho nitro benzene ring substituents is 1. The number of rotatable bonds is 9. The average molecular weight is 433 g/mol. The smallest absolute Gasteiger partial charge is 0.271 e. The van der Waals surface area contributed by atoms with Crippen molar-refractivity contribution in [2.75, 3.05) is 37.6 Å². The van der Waals surface area contributed by atoms with Crippen molar-refractivity contribution in [3.05, 3.63) is 52.6 Å². The summed E-state index contributed by atoms with van der Waals surface area (Å²) in [6.45, 7) is 1.63. The van der Waals surface area contributed by atoms with Gasteiger partial charge in [0.25, 0.3) is 5.69 Å². The van der Waals surface area contributed by atoms with E-state index < -0.39 is 16.9 Å². The number of hydrogen-bond donors (Lipinski definition) is 2. The lowest BCUT2D eigenvalue weighted by atomic mass is 10.2. The number of thioether (sulfide) groups is 1. The van der Waals surface area contributed by atoms with Crippen molar-refractivity contribution in [1.82, 2.24) is 4.90 Å². The third kappa shape index (κ3) is 5.94. The Hall–Kier alpha value is -3.11. The largest absolute Gasteiger partial charge is 0.495 e. The zero-order chi connectivity index (χ0) is 22.3. The van der Waals surface area contributed by atoms with Crippen LogP contribution in [-0.4, -0.2) is 54.6 Å². The first-order valence-electron chi connectivity index (χ1n) is 9.03. The molecule has 0 fully saturated rings. The van der Waals surface area contributed by atoms with Crippen LogP contribution in [0.25, 0.3) is 0 Å². The van der Waals surface area contributed by atoms with Crippen LogP contribution >= 0.6 is 11.8 Å². The lowest BCUT2D eigenvalue weighted by Crippen LogP contribution is -2.43. The summed E-state index contributed by atoms with van der Waals surface area (Å²) in [7, 11) is 3.05. The monoisotopic (exact) mass is 432 g/mol. The Morgan fingerprint density at radius 3 is 2.53 bits per heavy atom. The molecule has 2 rings (SSSR count). The summed E-state index contributed by atoms with van der Waals surface area (Å²) >= 11 is 1.52. The van der Waals surface area contributed by atoms with Crippen molar-refractivity contribution in [2.45, 2.75) is 17.9 Å². The maximum Gasteiger partial charge on any atom is 0.271 e. The Bertz CT molecular complexity index is 937. The summed E-state index contributed by atoms with van der Waals surface area (Å²) < 4.78 is 5.16. The molecule has 1 atom stereocenters. The van der Waals surface area contributed by atoms with Crippen molar-refractivity contribution in [1.29, 1.82) is 0 Å². The quantitative estimate of drug-likeness (QED) is 0.355. The summed E-state index contributed by atoms with van der Waals surface area (Å²) in [5.41, 5.74) is 0.732. The van der Waals surface area contributed by atoms with Crippen molar-refractivity contribution in [3.63, 3.8) is 0 Å². The number of nitrogens with zero attached hydrogens (tertiary/aromatic N) is 2. The Labute approximate surface area is 178 Å². The van der Waals surface area contributed by atoms with E-state index in [1.54, 1.807) is 18.9 Å². The maximum atomic E-state index is 12.6. The first-order chi connectivity index (χ1) is 14.3. The number of carbonyl (C=O) groups is 2. The van der Waals surface area contributed by atoms with Crippen LogP contribution in [0.2, 0.25) is 0 Å². The first kappa shape index (κ1) is 23.2. The molecule has 30 heavy (non-hydrogen) atoms. The van der Waals surface area contributed by atoms with Gasteiger partial charge in [-0.15, -0.1) is 11.8 Å². The van der Waals surface area contributed by atoms with Gasteiger partial charge in [0.15, 0.2) is 0 Å². The summed E-state index contributed by atoms with van der Waals surface area (Å²) in [5, 5.41) is 16.5. The Kier molecular flexibility index (Phi) is 8.19. The zero-order valence-electron chi connectivity index (χ0n) is 17.2. The van der Waals surface area contributed by atoms with Gasteiger partial charge >= 0.3 is 0 Å². The fourth-order valence-corrected chi connectivity index (χ4v) is 3.20. The third-order valence-electron chi connectivity index (χ3n) is 4.47. The van der Waals surface area contributed by atoms with Gasteiger partial charge in [-0.1, -0.05) is 12.1 Å². The van der Waals surface area contributed by atoms with Crippen LogP contribution in [0, 0.1) is 10.1 Å². The van der Waals surface area contributed by atoms with E-state index in [1.807, 2.05) is 30.5 Å². The summed E-state index contributed by atoms with van der Waals surface area (Å²) in [6, 6.07) is 10.7. The summed E-state index contributed by atoms with van der Waals surface area (Å²) in [6.07, 6.45) is 1.92. The molecular formula is C20H24N4O5S. The molecule has 0 aliphatic heterocycles. The van der Waals surface area contributed by atoms with Gasteiger partial charge in [0.05, 0.1) is 36.0 Å². The predicted octanol–water partition coefficient (Wildman–Crippen LogP) is 3.22. The Balaban J connectivity index is 2.03. The molecule has 0 aliphatic rings. The molecule has 2 amide bonds. The number of likely N-dealkylation sites (N-methyl/N-ethyl adjacent to an activating group) is 1. The highest BCUT2D eigenvalue weighted by molar-refractivity contribution is 7.98. The minimum atomic E-state index is -0.671. The molecule has 2 N–H and O–H groups in total. The molecule has 9 nitrogen and oxygen atoms in total. The van der Waals surface area contributed by atoms with Gasteiger partial charge in [0, 0.05) is 17.0 Å². The van der Waals surface area contributed by atoms with E-state index in [0.29, 0.717) is 11.4 Å². The number of methoxy groups -OCH3 is 1. The number of anilines is 2. The lowest BCUT2D eigenvalue weighted by molar-refractivity contribution is -0.384. The van der Waals surface area contributed by atoms with E-state index in [-0.39, 0.29) is 23.8 Å². The van der Waals surface area contributed by atoms with Crippen molar-refractivity contribution in [2.24, 2.45) is 0 Å². The number of nitrogens with one attached hydrogen (secondary N) is 2. The van der Waals surface area contributed by atoms with Gasteiger partial charge in [-0.2, -0.15) is 0 Å². The molecule has 0 unspecified atom stereocenters. The molecule has 0 saturated heterocycles. The molecule has 0 heterocycles. The zero-order valence-corrected chi connectivity index (χ0v) is 18.0. The number of benzene rings is 2. The molecule has 2 aromatic carbocycles. The van der Waals surface area contributed by atoms with Gasteiger partial charge in [-0.05, 0) is 38.4 Å². The van der Waals surface area contributed by atoms with Crippen LogP contribution in [-0.2, 0) is 9.59 Å². The third-order valence-corrected chi connectivity index (χ3v) is 5.26. The second-order valence-corrected chi connectivity index (χ2v) is 7.32. The lowest BCUT2D eigenvalue weighted by Gasteiger charge is -2.24. The Morgan fingerprint density at radius 2 is 1.90 bits per heavy atom. The van der Waals surface area contributed by atoms with Gasteiger partial charge in [-0.3, -0.25) is 24.6 Å². The number of para-hydroxylation sites is 1. The van der Waals surface area contributed by atoms with E-state index in [2.05, 4.69) is 10.6 Å². The van der Waals surface area contributed by atoms with Crippen LogP contribution in [0.5, 0.6) is 5.75 Å². The molecule has 0 radical (unpaired) electrons. The van der Waals surface area contributed by atoms with E-state index in [0.717, 1.165) is 4.90 Å². The molecule has 0 aromatic heterocycles. The fourth-order valence-electron chi connectivity index (χ4n) is 2.65. The minimum absolute atomic E-state index is 0.0105. The molecule has 0 saturated carbocycles. The summed E-state index contributed by atoms with van der Waals surface area (Å²) in [4.78, 5) is 38.0. The van der Waals surface area contributed by atoms with Gasteiger partial charge in [-0.25, -0.2) is 0 Å². The molecule has 2 aromatic rings. The van der Waals surface area contributed by atoms with Crippen molar-refractivity contribution in [3.8, 4) is 5.75 Å². The van der Waals surface area contributed by atoms with Crippen LogP contribution in [0.15, 0.2) is 47.4 Å². The molecule has 160 valence electrons. The van der Waals surface area contributed by atoms with Gasteiger partial charge in [0.2, 0.25) is 11.8 Å². The topological polar surface area (TPSA) is 114 Å². The highest BCUT2D eigenvalue weighted by atomic mass is 32.2. The van der Waals surface area contributed by atoms with Crippen LogP contribution in [0.4, 0.5) is 17.1 Å². The van der Waals surface area contributed by atoms with Crippen LogP contribution < -0.4 is 15.4 Å². The van der Waals surface area contributed by atoms with E-state index in [9.17, 15) is 19.7 Å². The predicted molar refractivity (Wildman–Crippen MR) is 117 cm³/mol. The highest BCUT2D eigenvalue weighted by Crippen LogP contribution is 2.29. The number of amides is 2. The highest BCUT2D eigenvalue weighted by Gasteiger charge is 2.22. The average Bonchev–Trinajstić information content (AvgIpc) is 2.73. The first-order valence-corrected chi connectivity index (χ1v) is 10.3. The van der Waals surface area contributed by atoms with E-state index >= 15 is 0 Å². The number of nitro benzene ring substituents is 1. The maximum absolute atomic E-state index is 12.6. The Morgan fingerprint density at radius 1 is 1.20 bits per heavy atom. The van der Waals surface area contributed by atoms with Gasteiger partial charge in [0.1, 0.15) is 5.75 Å². The van der Waals surface area contributed by atoms with Crippen molar-refractivity contribution >= 4 is 40.6 Å². The van der Waals surface area contributed by atoms with E-state index in [4.69, 9.17) is 4.74 Å². The molecular weight excluding hydrogens is 408 g/mol. The molecule has 10 heteroatoms. The van der Waals surface area contributed by atoms with Gasteiger partial charge < -0.3 is 15.4 Å². The number of carbonyl (C=O) groups excluding carboxylic acids is 2. The molecule has 0 spiro atoms. The van der Waals surface area contributed by atoms with Crippen molar-refractivity contribution < 1.29 is 19.2 Å². The fraction of sp³-hybridized carbons (Fsp3) is 0.300.